The van der Waals surface area contributed by atoms with E-state index in [0.717, 1.165) is 16.6 Å². The Bertz CT molecular complexity index is 1110. The molecule has 0 aliphatic carbocycles. The van der Waals surface area contributed by atoms with Crippen LogP contribution in [-0.4, -0.2) is 50.5 Å². The summed E-state index contributed by atoms with van der Waals surface area (Å²) in [6, 6.07) is 8.90. The summed E-state index contributed by atoms with van der Waals surface area (Å²) in [6.07, 6.45) is 1.89. The Labute approximate surface area is 209 Å². The smallest absolute Gasteiger partial charge is 0.244 e. The minimum Gasteiger partial charge on any atom is -0.354 e. The molecule has 34 heavy (non-hydrogen) atoms. The van der Waals surface area contributed by atoms with E-state index in [0.29, 0.717) is 28.6 Å². The molecule has 1 N–H and O–H groups in total. The molecule has 0 bridgehead atoms. The van der Waals surface area contributed by atoms with E-state index >= 15 is 0 Å². The molecular weight excluding hydrogens is 504 g/mol. The molecule has 0 saturated heterocycles. The molecule has 0 spiro atoms. The number of amides is 2. The molecule has 2 rings (SSSR count). The highest BCUT2D eigenvalue weighted by Crippen LogP contribution is 2.27. The first-order chi connectivity index (χ1) is 16.0. The average Bonchev–Trinajstić information content (AvgIpc) is 2.76. The molecule has 0 aliphatic rings. The van der Waals surface area contributed by atoms with Crippen molar-refractivity contribution in [1.82, 2.24) is 10.2 Å². The maximum Gasteiger partial charge on any atom is 0.244 e. The van der Waals surface area contributed by atoms with Crippen LogP contribution in [0.2, 0.25) is 10.0 Å². The molecule has 2 aromatic rings. The second-order valence-corrected chi connectivity index (χ2v) is 10.4. The minimum atomic E-state index is -3.95. The third-order valence-corrected chi connectivity index (χ3v) is 6.95. The molecule has 0 saturated carbocycles. The van der Waals surface area contributed by atoms with Crippen molar-refractivity contribution in [2.24, 2.45) is 0 Å². The number of rotatable bonds is 11. The second kappa shape index (κ2) is 12.4. The quantitative estimate of drug-likeness (QED) is 0.469. The maximum atomic E-state index is 13.8. The first-order valence-electron chi connectivity index (χ1n) is 10.7. The number of sulfonamides is 1. The minimum absolute atomic E-state index is 0.00458. The third-order valence-electron chi connectivity index (χ3n) is 5.10. The van der Waals surface area contributed by atoms with Crippen LogP contribution in [-0.2, 0) is 26.2 Å². The number of halogens is 3. The summed E-state index contributed by atoms with van der Waals surface area (Å²) in [7, 11) is -3.95. The topological polar surface area (TPSA) is 86.8 Å². The summed E-state index contributed by atoms with van der Waals surface area (Å²) in [5.74, 6) is -1.69. The molecule has 7 nitrogen and oxygen atoms in total. The summed E-state index contributed by atoms with van der Waals surface area (Å²) in [5, 5.41) is 3.39. The summed E-state index contributed by atoms with van der Waals surface area (Å²) < 4.78 is 39.6. The molecule has 0 fully saturated rings. The summed E-state index contributed by atoms with van der Waals surface area (Å²) in [5.41, 5.74) is 0.424. The number of nitrogens with zero attached hydrogens (tertiary/aromatic N) is 2. The van der Waals surface area contributed by atoms with Crippen molar-refractivity contribution in [3.05, 3.63) is 63.9 Å². The van der Waals surface area contributed by atoms with Gasteiger partial charge in [0.2, 0.25) is 21.8 Å². The number of hydrogen-bond acceptors (Lipinski definition) is 4. The Hall–Kier alpha value is -2.36. The standard InChI is InChI=1S/C23H28Cl2FN3O4S/c1-4-12-27-23(31)21(5-2)28(14-18-19(24)10-7-11-20(18)25)22(30)15-29(34(3,32)33)17-9-6-8-16(26)13-17/h6-11,13,21H,4-5,12,14-15H2,1-3H3,(H,27,31)/t21-/m1/s1. The van der Waals surface area contributed by atoms with Crippen molar-refractivity contribution in [1.29, 1.82) is 0 Å². The highest BCUT2D eigenvalue weighted by molar-refractivity contribution is 7.92. The SMILES string of the molecule is CCCNC(=O)[C@@H](CC)N(Cc1c(Cl)cccc1Cl)C(=O)CN(c1cccc(F)c1)S(C)(=O)=O. The van der Waals surface area contributed by atoms with Gasteiger partial charge in [0.15, 0.2) is 0 Å². The normalized spacial score (nSPS) is 12.2. The van der Waals surface area contributed by atoms with Crippen LogP contribution in [0.15, 0.2) is 42.5 Å². The van der Waals surface area contributed by atoms with Crippen LogP contribution in [0.4, 0.5) is 10.1 Å². The Balaban J connectivity index is 2.48. The van der Waals surface area contributed by atoms with E-state index < -0.39 is 34.3 Å². The van der Waals surface area contributed by atoms with Gasteiger partial charge in [-0.3, -0.25) is 13.9 Å². The Morgan fingerprint density at radius 3 is 2.24 bits per heavy atom. The zero-order valence-corrected chi connectivity index (χ0v) is 21.6. The molecule has 2 amide bonds. The fourth-order valence-electron chi connectivity index (χ4n) is 3.38. The van der Waals surface area contributed by atoms with Crippen LogP contribution in [0, 0.1) is 5.82 Å². The maximum absolute atomic E-state index is 13.8. The van der Waals surface area contributed by atoms with Crippen LogP contribution in [0.5, 0.6) is 0 Å². The lowest BCUT2D eigenvalue weighted by molar-refractivity contribution is -0.140. The van der Waals surface area contributed by atoms with Gasteiger partial charge in [-0.2, -0.15) is 0 Å². The molecule has 186 valence electrons. The van der Waals surface area contributed by atoms with Gasteiger partial charge < -0.3 is 10.2 Å². The number of hydrogen-bond donors (Lipinski definition) is 1. The number of carbonyl (C=O) groups excluding carboxylic acids is 2. The lowest BCUT2D eigenvalue weighted by Crippen LogP contribution is -2.52. The Kier molecular flexibility index (Phi) is 10.1. The zero-order chi connectivity index (χ0) is 25.5. The third kappa shape index (κ3) is 7.32. The van der Waals surface area contributed by atoms with Crippen molar-refractivity contribution in [2.45, 2.75) is 39.3 Å². The first kappa shape index (κ1) is 27.9. The van der Waals surface area contributed by atoms with Crippen molar-refractivity contribution in [3.63, 3.8) is 0 Å². The lowest BCUT2D eigenvalue weighted by Gasteiger charge is -2.33. The number of carbonyl (C=O) groups is 2. The number of benzene rings is 2. The molecule has 11 heteroatoms. The monoisotopic (exact) mass is 531 g/mol. The molecule has 0 heterocycles. The van der Waals surface area contributed by atoms with E-state index in [1.165, 1.54) is 23.1 Å². The van der Waals surface area contributed by atoms with E-state index in [-0.39, 0.29) is 24.6 Å². The highest BCUT2D eigenvalue weighted by Gasteiger charge is 2.32. The Morgan fingerprint density at radius 2 is 1.71 bits per heavy atom. The number of anilines is 1. The van der Waals surface area contributed by atoms with Gasteiger partial charge in [0.25, 0.3) is 0 Å². The van der Waals surface area contributed by atoms with Crippen molar-refractivity contribution >= 4 is 50.7 Å². The fourth-order valence-corrected chi connectivity index (χ4v) is 4.74. The second-order valence-electron chi connectivity index (χ2n) is 7.69. The fraction of sp³-hybridized carbons (Fsp3) is 0.391. The van der Waals surface area contributed by atoms with Crippen molar-refractivity contribution < 1.29 is 22.4 Å². The average molecular weight is 532 g/mol. The van der Waals surface area contributed by atoms with E-state index in [1.807, 2.05) is 6.92 Å². The molecule has 2 aromatic carbocycles. The van der Waals surface area contributed by atoms with Gasteiger partial charge in [-0.15, -0.1) is 0 Å². The predicted molar refractivity (Wildman–Crippen MR) is 133 cm³/mol. The van der Waals surface area contributed by atoms with Gasteiger partial charge in [-0.25, -0.2) is 12.8 Å². The largest absolute Gasteiger partial charge is 0.354 e. The van der Waals surface area contributed by atoms with Gasteiger partial charge >= 0.3 is 0 Å². The summed E-state index contributed by atoms with van der Waals surface area (Å²) >= 11 is 12.6. The van der Waals surface area contributed by atoms with Crippen molar-refractivity contribution in [2.75, 3.05) is 23.7 Å². The molecule has 0 unspecified atom stereocenters. The van der Waals surface area contributed by atoms with Gasteiger partial charge in [0.05, 0.1) is 11.9 Å². The van der Waals surface area contributed by atoms with Crippen LogP contribution < -0.4 is 9.62 Å². The first-order valence-corrected chi connectivity index (χ1v) is 13.3. The van der Waals surface area contributed by atoms with Crippen LogP contribution in [0.1, 0.15) is 32.3 Å². The molecule has 1 atom stereocenters. The molecule has 0 radical (unpaired) electrons. The van der Waals surface area contributed by atoms with Gasteiger partial charge in [0, 0.05) is 28.7 Å². The van der Waals surface area contributed by atoms with E-state index in [9.17, 15) is 22.4 Å². The van der Waals surface area contributed by atoms with Gasteiger partial charge in [0.1, 0.15) is 18.4 Å². The molecule has 0 aromatic heterocycles. The summed E-state index contributed by atoms with van der Waals surface area (Å²) in [6.45, 7) is 3.31. The predicted octanol–water partition coefficient (Wildman–Crippen LogP) is 4.23. The van der Waals surface area contributed by atoms with E-state index in [4.69, 9.17) is 23.2 Å². The van der Waals surface area contributed by atoms with Crippen LogP contribution in [0.25, 0.3) is 0 Å². The van der Waals surface area contributed by atoms with Gasteiger partial charge in [-0.05, 0) is 43.2 Å². The molecular formula is C23H28Cl2FN3O4S. The molecule has 0 aliphatic heterocycles. The van der Waals surface area contributed by atoms with E-state index in [1.54, 1.807) is 25.1 Å². The van der Waals surface area contributed by atoms with Crippen LogP contribution in [0.3, 0.4) is 0 Å². The van der Waals surface area contributed by atoms with Crippen molar-refractivity contribution in [3.8, 4) is 0 Å². The summed E-state index contributed by atoms with van der Waals surface area (Å²) in [4.78, 5) is 27.7. The van der Waals surface area contributed by atoms with Gasteiger partial charge in [-0.1, -0.05) is 49.2 Å². The zero-order valence-electron chi connectivity index (χ0n) is 19.2. The highest BCUT2D eigenvalue weighted by atomic mass is 35.5. The number of nitrogens with one attached hydrogen (secondary N) is 1. The van der Waals surface area contributed by atoms with E-state index in [2.05, 4.69) is 5.32 Å². The van der Waals surface area contributed by atoms with Crippen LogP contribution >= 0.6 is 23.2 Å². The lowest BCUT2D eigenvalue weighted by atomic mass is 10.1. The Morgan fingerprint density at radius 1 is 1.09 bits per heavy atom.